The highest BCUT2D eigenvalue weighted by atomic mass is 35.5. The van der Waals surface area contributed by atoms with Crippen molar-refractivity contribution in [2.24, 2.45) is 0 Å². The largest absolute Gasteiger partial charge is 0.391 e. The summed E-state index contributed by atoms with van der Waals surface area (Å²) in [4.78, 5) is 0. The van der Waals surface area contributed by atoms with Crippen molar-refractivity contribution in [3.05, 3.63) is 41.8 Å². The van der Waals surface area contributed by atoms with Crippen LogP contribution in [0.3, 0.4) is 0 Å². The number of hydrogen-bond acceptors (Lipinski definition) is 1. The Morgan fingerprint density at radius 1 is 1.21 bits per heavy atom. The Balaban J connectivity index is 0.000000980. The zero-order chi connectivity index (χ0) is 9.10. The molecule has 0 bridgehead atoms. The Bertz CT molecular complexity index is 336. The molecule has 0 amide bonds. The molecule has 1 aliphatic heterocycles. The quantitative estimate of drug-likeness (QED) is 0.757. The van der Waals surface area contributed by atoms with Crippen molar-refractivity contribution in [1.29, 1.82) is 0 Å². The average molecular weight is 214 g/mol. The molecule has 0 saturated heterocycles. The normalized spacial score (nSPS) is 15.1. The topological polar surface area (TPSA) is 12.0 Å². The van der Waals surface area contributed by atoms with E-state index in [1.807, 2.05) is 18.3 Å². The molecule has 0 aliphatic carbocycles. The summed E-state index contributed by atoms with van der Waals surface area (Å²) in [7, 11) is 0. The van der Waals surface area contributed by atoms with E-state index in [1.165, 1.54) is 6.07 Å². The number of allylic oxidation sites excluding steroid dienone is 1. The lowest BCUT2D eigenvalue weighted by atomic mass is 10.00. The predicted octanol–water partition coefficient (Wildman–Crippen LogP) is 2.97. The summed E-state index contributed by atoms with van der Waals surface area (Å²) < 4.78 is 13.3. The van der Waals surface area contributed by atoms with Crippen LogP contribution in [-0.4, -0.2) is 6.54 Å². The first-order chi connectivity index (χ1) is 6.38. The molecular weight excluding hydrogens is 201 g/mol. The minimum Gasteiger partial charge on any atom is -0.391 e. The standard InChI is InChI=1S/C11H12FN.ClH/c12-11-6-2-1-5-10(11)9-4-3-7-13-8-9;/h1-2,5-6,8,13H,3-4,7H2;1H. The third kappa shape index (κ3) is 2.26. The zero-order valence-electron chi connectivity index (χ0n) is 7.79. The molecule has 0 radical (unpaired) electrons. The first-order valence-electron chi connectivity index (χ1n) is 4.55. The van der Waals surface area contributed by atoms with Crippen molar-refractivity contribution in [3.8, 4) is 0 Å². The van der Waals surface area contributed by atoms with Crippen LogP contribution in [0.25, 0.3) is 5.57 Å². The van der Waals surface area contributed by atoms with Gasteiger partial charge in [0.1, 0.15) is 5.82 Å². The Kier molecular flexibility index (Phi) is 3.96. The first-order valence-corrected chi connectivity index (χ1v) is 4.55. The highest BCUT2D eigenvalue weighted by Crippen LogP contribution is 2.23. The van der Waals surface area contributed by atoms with Crippen LogP contribution >= 0.6 is 12.4 Å². The van der Waals surface area contributed by atoms with Gasteiger partial charge in [-0.1, -0.05) is 18.2 Å². The molecule has 0 spiro atoms. The van der Waals surface area contributed by atoms with Crippen LogP contribution in [0.2, 0.25) is 0 Å². The molecule has 1 heterocycles. The molecule has 2 rings (SSSR count). The second-order valence-corrected chi connectivity index (χ2v) is 3.21. The number of nitrogens with one attached hydrogen (secondary N) is 1. The van der Waals surface area contributed by atoms with Gasteiger partial charge in [-0.15, -0.1) is 12.4 Å². The molecule has 1 aromatic carbocycles. The fraction of sp³-hybridized carbons (Fsp3) is 0.273. The van der Waals surface area contributed by atoms with Gasteiger partial charge >= 0.3 is 0 Å². The monoisotopic (exact) mass is 213 g/mol. The van der Waals surface area contributed by atoms with Crippen molar-refractivity contribution in [1.82, 2.24) is 5.32 Å². The summed E-state index contributed by atoms with van der Waals surface area (Å²) >= 11 is 0. The van der Waals surface area contributed by atoms with E-state index in [1.54, 1.807) is 6.07 Å². The van der Waals surface area contributed by atoms with Crippen LogP contribution < -0.4 is 5.32 Å². The van der Waals surface area contributed by atoms with Crippen LogP contribution in [0.15, 0.2) is 30.5 Å². The second kappa shape index (κ2) is 5.01. The van der Waals surface area contributed by atoms with Gasteiger partial charge in [-0.2, -0.15) is 0 Å². The molecular formula is C11H13ClFN. The molecule has 1 nitrogen and oxygen atoms in total. The van der Waals surface area contributed by atoms with E-state index < -0.39 is 0 Å². The van der Waals surface area contributed by atoms with Gasteiger partial charge in [0, 0.05) is 18.3 Å². The van der Waals surface area contributed by atoms with Crippen LogP contribution in [0, 0.1) is 5.82 Å². The number of halogens is 2. The smallest absolute Gasteiger partial charge is 0.130 e. The summed E-state index contributed by atoms with van der Waals surface area (Å²) in [5.41, 5.74) is 1.80. The summed E-state index contributed by atoms with van der Waals surface area (Å²) in [6, 6.07) is 6.92. The number of rotatable bonds is 1. The van der Waals surface area contributed by atoms with Crippen molar-refractivity contribution in [3.63, 3.8) is 0 Å². The molecule has 0 fully saturated rings. The molecule has 1 N–H and O–H groups in total. The molecule has 1 aliphatic rings. The van der Waals surface area contributed by atoms with Gasteiger partial charge < -0.3 is 5.32 Å². The highest BCUT2D eigenvalue weighted by molar-refractivity contribution is 5.85. The summed E-state index contributed by atoms with van der Waals surface area (Å²) in [6.45, 7) is 0.998. The van der Waals surface area contributed by atoms with Gasteiger partial charge in [0.2, 0.25) is 0 Å². The number of benzene rings is 1. The third-order valence-corrected chi connectivity index (χ3v) is 2.26. The Morgan fingerprint density at radius 2 is 2.00 bits per heavy atom. The van der Waals surface area contributed by atoms with E-state index >= 15 is 0 Å². The van der Waals surface area contributed by atoms with Gasteiger partial charge in [0.05, 0.1) is 0 Å². The van der Waals surface area contributed by atoms with Crippen LogP contribution in [-0.2, 0) is 0 Å². The fourth-order valence-corrected chi connectivity index (χ4v) is 1.58. The van der Waals surface area contributed by atoms with Crippen LogP contribution in [0.5, 0.6) is 0 Å². The lowest BCUT2D eigenvalue weighted by molar-refractivity contribution is 0.620. The average Bonchev–Trinajstić information content (AvgIpc) is 2.20. The van der Waals surface area contributed by atoms with Crippen molar-refractivity contribution in [2.75, 3.05) is 6.54 Å². The Morgan fingerprint density at radius 3 is 2.64 bits per heavy atom. The lowest BCUT2D eigenvalue weighted by Gasteiger charge is -2.14. The minimum absolute atomic E-state index is 0. The maximum atomic E-state index is 13.3. The van der Waals surface area contributed by atoms with Gasteiger partial charge in [-0.25, -0.2) is 4.39 Å². The van der Waals surface area contributed by atoms with Crippen LogP contribution in [0.1, 0.15) is 18.4 Å². The predicted molar refractivity (Wildman–Crippen MR) is 58.9 cm³/mol. The van der Waals surface area contributed by atoms with Crippen molar-refractivity contribution < 1.29 is 4.39 Å². The maximum Gasteiger partial charge on any atom is 0.130 e. The number of hydrogen-bond donors (Lipinski definition) is 1. The highest BCUT2D eigenvalue weighted by Gasteiger charge is 2.08. The van der Waals surface area contributed by atoms with E-state index in [2.05, 4.69) is 5.32 Å². The molecule has 0 atom stereocenters. The molecule has 76 valence electrons. The lowest BCUT2D eigenvalue weighted by Crippen LogP contribution is -2.13. The first kappa shape index (κ1) is 11.1. The maximum absolute atomic E-state index is 13.3. The van der Waals surface area contributed by atoms with E-state index in [0.29, 0.717) is 0 Å². The van der Waals surface area contributed by atoms with Crippen LogP contribution in [0.4, 0.5) is 4.39 Å². The van der Waals surface area contributed by atoms with Gasteiger partial charge in [-0.05, 0) is 24.5 Å². The van der Waals surface area contributed by atoms with Crippen molar-refractivity contribution in [2.45, 2.75) is 12.8 Å². The second-order valence-electron chi connectivity index (χ2n) is 3.21. The summed E-state index contributed by atoms with van der Waals surface area (Å²) in [5, 5.41) is 3.13. The van der Waals surface area contributed by atoms with Crippen molar-refractivity contribution >= 4 is 18.0 Å². The molecule has 0 aromatic heterocycles. The Hall–Kier alpha value is -1.02. The SMILES string of the molecule is Cl.Fc1ccccc1C1=CNCCC1. The molecule has 3 heteroatoms. The van der Waals surface area contributed by atoms with Gasteiger partial charge in [0.15, 0.2) is 0 Å². The minimum atomic E-state index is -0.127. The summed E-state index contributed by atoms with van der Waals surface area (Å²) in [5.74, 6) is -0.127. The third-order valence-electron chi connectivity index (χ3n) is 2.26. The van der Waals surface area contributed by atoms with Gasteiger partial charge in [0.25, 0.3) is 0 Å². The van der Waals surface area contributed by atoms with E-state index in [-0.39, 0.29) is 18.2 Å². The molecule has 14 heavy (non-hydrogen) atoms. The molecule has 0 unspecified atom stereocenters. The summed E-state index contributed by atoms with van der Waals surface area (Å²) in [6.07, 6.45) is 3.97. The zero-order valence-corrected chi connectivity index (χ0v) is 8.61. The molecule has 0 saturated carbocycles. The van der Waals surface area contributed by atoms with E-state index in [4.69, 9.17) is 0 Å². The molecule has 1 aromatic rings. The Labute approximate surface area is 89.4 Å². The van der Waals surface area contributed by atoms with E-state index in [0.717, 1.165) is 30.5 Å². The van der Waals surface area contributed by atoms with Gasteiger partial charge in [-0.3, -0.25) is 0 Å². The van der Waals surface area contributed by atoms with E-state index in [9.17, 15) is 4.39 Å². The fourth-order valence-electron chi connectivity index (χ4n) is 1.58.